The highest BCUT2D eigenvalue weighted by molar-refractivity contribution is 7.07. The normalized spacial score (nSPS) is 13.2. The zero-order valence-corrected chi connectivity index (χ0v) is 10.9. The van der Waals surface area contributed by atoms with E-state index in [0.717, 1.165) is 18.1 Å². The predicted molar refractivity (Wildman–Crippen MR) is 67.6 cm³/mol. The van der Waals surface area contributed by atoms with E-state index in [-0.39, 0.29) is 6.04 Å². The molecule has 2 rings (SSSR count). The molecule has 0 amide bonds. The van der Waals surface area contributed by atoms with Gasteiger partial charge < -0.3 is 5.73 Å². The zero-order valence-electron chi connectivity index (χ0n) is 10.1. The number of rotatable bonds is 5. The molecule has 92 valence electrons. The standard InChI is InChI=1S/C11H17N5S/c1-8(2)4-16-11(13-6-15-16)3-9(12)10-5-17-7-14-10/h5-9H,3-4,12H2,1-2H3. The molecule has 6 heteroatoms. The van der Waals surface area contributed by atoms with Crippen molar-refractivity contribution in [3.05, 3.63) is 28.7 Å². The first-order chi connectivity index (χ1) is 8.16. The maximum Gasteiger partial charge on any atom is 0.138 e. The van der Waals surface area contributed by atoms with Crippen molar-refractivity contribution >= 4 is 11.3 Å². The van der Waals surface area contributed by atoms with Crippen molar-refractivity contribution in [1.82, 2.24) is 19.7 Å². The molecule has 17 heavy (non-hydrogen) atoms. The van der Waals surface area contributed by atoms with Crippen molar-refractivity contribution in [2.45, 2.75) is 32.9 Å². The summed E-state index contributed by atoms with van der Waals surface area (Å²) in [7, 11) is 0. The molecule has 5 nitrogen and oxygen atoms in total. The topological polar surface area (TPSA) is 69.6 Å². The fourth-order valence-corrected chi connectivity index (χ4v) is 2.27. The number of nitrogens with zero attached hydrogens (tertiary/aromatic N) is 4. The summed E-state index contributed by atoms with van der Waals surface area (Å²) in [4.78, 5) is 8.49. The molecule has 0 aromatic carbocycles. The molecule has 0 aliphatic heterocycles. The molecule has 0 aliphatic rings. The van der Waals surface area contributed by atoms with Gasteiger partial charge in [0.05, 0.1) is 17.2 Å². The van der Waals surface area contributed by atoms with E-state index in [1.54, 1.807) is 23.2 Å². The van der Waals surface area contributed by atoms with E-state index in [2.05, 4.69) is 28.9 Å². The molecule has 2 N–H and O–H groups in total. The fraction of sp³-hybridized carbons (Fsp3) is 0.545. The van der Waals surface area contributed by atoms with Crippen LogP contribution in [0, 0.1) is 5.92 Å². The Bertz CT molecular complexity index is 448. The Morgan fingerprint density at radius 2 is 2.24 bits per heavy atom. The Labute approximate surface area is 105 Å². The van der Waals surface area contributed by atoms with Crippen molar-refractivity contribution in [2.75, 3.05) is 0 Å². The summed E-state index contributed by atoms with van der Waals surface area (Å²) in [5.41, 5.74) is 8.82. The highest BCUT2D eigenvalue weighted by atomic mass is 32.1. The van der Waals surface area contributed by atoms with Crippen LogP contribution in [0.2, 0.25) is 0 Å². The maximum absolute atomic E-state index is 6.09. The minimum atomic E-state index is -0.101. The summed E-state index contributed by atoms with van der Waals surface area (Å²) < 4.78 is 1.93. The molecular weight excluding hydrogens is 234 g/mol. The lowest BCUT2D eigenvalue weighted by molar-refractivity contribution is 0.459. The quantitative estimate of drug-likeness (QED) is 0.877. The zero-order chi connectivity index (χ0) is 12.3. The third kappa shape index (κ3) is 3.10. The number of hydrogen-bond acceptors (Lipinski definition) is 5. The largest absolute Gasteiger partial charge is 0.322 e. The molecule has 2 heterocycles. The van der Waals surface area contributed by atoms with E-state index in [4.69, 9.17) is 5.73 Å². The van der Waals surface area contributed by atoms with Crippen molar-refractivity contribution in [2.24, 2.45) is 11.7 Å². The first-order valence-corrected chi connectivity index (χ1v) is 6.61. The van der Waals surface area contributed by atoms with Gasteiger partial charge in [0.2, 0.25) is 0 Å². The average molecular weight is 251 g/mol. The Balaban J connectivity index is 2.06. The minimum absolute atomic E-state index is 0.101. The fourth-order valence-electron chi connectivity index (χ4n) is 1.65. The van der Waals surface area contributed by atoms with Gasteiger partial charge in [0, 0.05) is 18.3 Å². The molecule has 2 aromatic rings. The second kappa shape index (κ2) is 5.37. The van der Waals surface area contributed by atoms with Crippen LogP contribution in [0.15, 0.2) is 17.2 Å². The van der Waals surface area contributed by atoms with Gasteiger partial charge in [-0.05, 0) is 5.92 Å². The molecular formula is C11H17N5S. The van der Waals surface area contributed by atoms with Crippen molar-refractivity contribution in [1.29, 1.82) is 0 Å². The Morgan fingerprint density at radius 1 is 1.41 bits per heavy atom. The molecule has 0 saturated carbocycles. The molecule has 2 aromatic heterocycles. The van der Waals surface area contributed by atoms with Crippen molar-refractivity contribution < 1.29 is 0 Å². The lowest BCUT2D eigenvalue weighted by Gasteiger charge is -2.11. The van der Waals surface area contributed by atoms with Crippen molar-refractivity contribution in [3.8, 4) is 0 Å². The van der Waals surface area contributed by atoms with Crippen LogP contribution < -0.4 is 5.73 Å². The van der Waals surface area contributed by atoms with Gasteiger partial charge in [-0.2, -0.15) is 5.10 Å². The third-order valence-corrected chi connectivity index (χ3v) is 3.07. The van der Waals surface area contributed by atoms with Gasteiger partial charge in [0.15, 0.2) is 0 Å². The van der Waals surface area contributed by atoms with E-state index in [0.29, 0.717) is 12.3 Å². The Morgan fingerprint density at radius 3 is 2.88 bits per heavy atom. The first kappa shape index (κ1) is 12.2. The first-order valence-electron chi connectivity index (χ1n) is 5.67. The van der Waals surface area contributed by atoms with Crippen LogP contribution in [0.3, 0.4) is 0 Å². The van der Waals surface area contributed by atoms with Gasteiger partial charge in [0.25, 0.3) is 0 Å². The molecule has 0 saturated heterocycles. The van der Waals surface area contributed by atoms with Crippen molar-refractivity contribution in [3.63, 3.8) is 0 Å². The smallest absolute Gasteiger partial charge is 0.138 e. The molecule has 1 atom stereocenters. The van der Waals surface area contributed by atoms with Gasteiger partial charge in [-0.25, -0.2) is 14.6 Å². The number of nitrogens with two attached hydrogens (primary N) is 1. The Kier molecular flexibility index (Phi) is 3.86. The van der Waals surface area contributed by atoms with Gasteiger partial charge in [-0.1, -0.05) is 13.8 Å². The summed E-state index contributed by atoms with van der Waals surface area (Å²) in [6.07, 6.45) is 2.27. The highest BCUT2D eigenvalue weighted by Gasteiger charge is 2.13. The summed E-state index contributed by atoms with van der Waals surface area (Å²) >= 11 is 1.56. The summed E-state index contributed by atoms with van der Waals surface area (Å²) in [6.45, 7) is 5.19. The molecule has 0 fully saturated rings. The lowest BCUT2D eigenvalue weighted by Crippen LogP contribution is -2.18. The molecule has 0 spiro atoms. The summed E-state index contributed by atoms with van der Waals surface area (Å²) in [6, 6.07) is -0.101. The molecule has 1 unspecified atom stereocenters. The van der Waals surface area contributed by atoms with Gasteiger partial charge in [-0.3, -0.25) is 0 Å². The van der Waals surface area contributed by atoms with E-state index in [1.807, 2.05) is 10.1 Å². The van der Waals surface area contributed by atoms with Crippen LogP contribution in [-0.2, 0) is 13.0 Å². The van der Waals surface area contributed by atoms with E-state index in [1.165, 1.54) is 0 Å². The summed E-state index contributed by atoms with van der Waals surface area (Å²) in [5.74, 6) is 1.48. The van der Waals surface area contributed by atoms with Crippen LogP contribution in [-0.4, -0.2) is 19.7 Å². The van der Waals surface area contributed by atoms with Crippen LogP contribution in [0.25, 0.3) is 0 Å². The van der Waals surface area contributed by atoms with Crippen LogP contribution in [0.1, 0.15) is 31.4 Å². The van der Waals surface area contributed by atoms with Crippen LogP contribution in [0.4, 0.5) is 0 Å². The third-order valence-electron chi connectivity index (χ3n) is 2.47. The van der Waals surface area contributed by atoms with Crippen LogP contribution >= 0.6 is 11.3 Å². The molecule has 0 bridgehead atoms. The van der Waals surface area contributed by atoms with Crippen LogP contribution in [0.5, 0.6) is 0 Å². The minimum Gasteiger partial charge on any atom is -0.322 e. The average Bonchev–Trinajstić information content (AvgIpc) is 2.89. The molecule has 0 aliphatic carbocycles. The van der Waals surface area contributed by atoms with Gasteiger partial charge >= 0.3 is 0 Å². The van der Waals surface area contributed by atoms with E-state index in [9.17, 15) is 0 Å². The number of aromatic nitrogens is 4. The monoisotopic (exact) mass is 251 g/mol. The number of hydrogen-bond donors (Lipinski definition) is 1. The van der Waals surface area contributed by atoms with E-state index >= 15 is 0 Å². The van der Waals surface area contributed by atoms with Gasteiger partial charge in [0.1, 0.15) is 12.2 Å². The summed E-state index contributed by atoms with van der Waals surface area (Å²) in [5, 5.41) is 6.20. The second-order valence-electron chi connectivity index (χ2n) is 4.48. The molecule has 0 radical (unpaired) electrons. The number of thiazole rings is 1. The second-order valence-corrected chi connectivity index (χ2v) is 5.19. The van der Waals surface area contributed by atoms with E-state index < -0.39 is 0 Å². The maximum atomic E-state index is 6.09. The SMILES string of the molecule is CC(C)Cn1ncnc1CC(N)c1cscn1. The van der Waals surface area contributed by atoms with Gasteiger partial charge in [-0.15, -0.1) is 11.3 Å². The highest BCUT2D eigenvalue weighted by Crippen LogP contribution is 2.15. The lowest BCUT2D eigenvalue weighted by atomic mass is 10.1. The Hall–Kier alpha value is -1.27. The predicted octanol–water partition coefficient (Wildman–Crippen LogP) is 1.63.